The van der Waals surface area contributed by atoms with Gasteiger partial charge < -0.3 is 24.3 Å². The summed E-state index contributed by atoms with van der Waals surface area (Å²) in [5.41, 5.74) is 5.10. The molecule has 1 aliphatic heterocycles. The van der Waals surface area contributed by atoms with E-state index in [1.54, 1.807) is 0 Å². The zero-order valence-electron chi connectivity index (χ0n) is 18.6. The van der Waals surface area contributed by atoms with E-state index in [-0.39, 0.29) is 12.0 Å². The van der Waals surface area contributed by atoms with Crippen molar-refractivity contribution in [2.24, 2.45) is 0 Å². The lowest BCUT2D eigenvalue weighted by molar-refractivity contribution is -0.146. The van der Waals surface area contributed by atoms with Crippen molar-refractivity contribution >= 4 is 16.8 Å². The maximum absolute atomic E-state index is 13.1. The fraction of sp³-hybridized carbons (Fsp3) is 0.625. The van der Waals surface area contributed by atoms with Gasteiger partial charge in [0.25, 0.3) is 5.91 Å². The van der Waals surface area contributed by atoms with E-state index in [9.17, 15) is 4.79 Å². The molecule has 0 unspecified atom stereocenters. The van der Waals surface area contributed by atoms with Crippen molar-refractivity contribution in [2.75, 3.05) is 32.9 Å². The van der Waals surface area contributed by atoms with Gasteiger partial charge in [-0.05, 0) is 57.2 Å². The molecule has 2 aromatic rings. The molecule has 1 amide bonds. The van der Waals surface area contributed by atoms with Gasteiger partial charge in [0.1, 0.15) is 6.10 Å². The van der Waals surface area contributed by atoms with Crippen molar-refractivity contribution in [3.8, 4) is 0 Å². The Morgan fingerprint density at radius 1 is 1.33 bits per heavy atom. The molecule has 0 radical (unpaired) electrons. The molecule has 1 aromatic heterocycles. The van der Waals surface area contributed by atoms with Crippen molar-refractivity contribution in [3.63, 3.8) is 0 Å². The topological polar surface area (TPSA) is 55.7 Å². The van der Waals surface area contributed by atoms with Crippen LogP contribution in [0.4, 0.5) is 0 Å². The second kappa shape index (κ2) is 9.50. The number of ether oxygens (including phenoxy) is 2. The van der Waals surface area contributed by atoms with Gasteiger partial charge in [0.2, 0.25) is 0 Å². The summed E-state index contributed by atoms with van der Waals surface area (Å²) in [5.74, 6) is 0.129. The van der Waals surface area contributed by atoms with Crippen LogP contribution in [0.3, 0.4) is 0 Å². The van der Waals surface area contributed by atoms with Crippen LogP contribution in [0.2, 0.25) is 0 Å². The standard InChI is InChI=1S/C24H35N3O3/c1-4-29-12-5-11-26-18(3)17(2)21-9-6-19(14-22(21)26)16-27(20-7-8-20)24(28)23-15-25-10-13-30-23/h6,9,14,20,23,25H,4-5,7-8,10-13,15-16H2,1-3H3/t23-/m1/s1. The summed E-state index contributed by atoms with van der Waals surface area (Å²) in [5, 5.41) is 4.58. The van der Waals surface area contributed by atoms with Crippen LogP contribution in [-0.4, -0.2) is 60.4 Å². The molecule has 0 bridgehead atoms. The monoisotopic (exact) mass is 413 g/mol. The van der Waals surface area contributed by atoms with E-state index < -0.39 is 0 Å². The summed E-state index contributed by atoms with van der Waals surface area (Å²) >= 11 is 0. The summed E-state index contributed by atoms with van der Waals surface area (Å²) in [7, 11) is 0. The first-order chi connectivity index (χ1) is 14.6. The highest BCUT2D eigenvalue weighted by atomic mass is 16.5. The Morgan fingerprint density at radius 3 is 2.87 bits per heavy atom. The van der Waals surface area contributed by atoms with Gasteiger partial charge in [-0.2, -0.15) is 0 Å². The molecule has 0 spiro atoms. The molecule has 1 aromatic carbocycles. The maximum Gasteiger partial charge on any atom is 0.253 e. The SMILES string of the molecule is CCOCCCn1c(C)c(C)c2ccc(CN(C(=O)[C@H]3CNCCO3)C3CC3)cc21. The van der Waals surface area contributed by atoms with Gasteiger partial charge in [-0.15, -0.1) is 0 Å². The molecule has 6 heteroatoms. The van der Waals surface area contributed by atoms with E-state index in [2.05, 4.69) is 41.9 Å². The van der Waals surface area contributed by atoms with Crippen molar-refractivity contribution in [1.29, 1.82) is 0 Å². The number of hydrogen-bond donors (Lipinski definition) is 1. The van der Waals surface area contributed by atoms with Gasteiger partial charge in [-0.3, -0.25) is 4.79 Å². The lowest BCUT2D eigenvalue weighted by Gasteiger charge is -2.30. The van der Waals surface area contributed by atoms with Crippen LogP contribution in [-0.2, 0) is 27.4 Å². The van der Waals surface area contributed by atoms with Gasteiger partial charge in [0.05, 0.1) is 6.61 Å². The number of carbonyl (C=O) groups is 1. The predicted molar refractivity (Wildman–Crippen MR) is 119 cm³/mol. The number of nitrogens with one attached hydrogen (secondary N) is 1. The highest BCUT2D eigenvalue weighted by molar-refractivity contribution is 5.86. The molecule has 1 atom stereocenters. The predicted octanol–water partition coefficient (Wildman–Crippen LogP) is 3.16. The second-order valence-electron chi connectivity index (χ2n) is 8.52. The zero-order valence-corrected chi connectivity index (χ0v) is 18.6. The van der Waals surface area contributed by atoms with E-state index in [1.807, 2.05) is 11.8 Å². The van der Waals surface area contributed by atoms with Crippen LogP contribution < -0.4 is 5.32 Å². The zero-order chi connectivity index (χ0) is 21.1. The van der Waals surface area contributed by atoms with Crippen molar-refractivity contribution in [1.82, 2.24) is 14.8 Å². The number of rotatable bonds is 9. The molecule has 4 rings (SSSR count). The molecule has 1 aliphatic carbocycles. The average molecular weight is 414 g/mol. The number of carbonyl (C=O) groups excluding carboxylic acids is 1. The Bertz CT molecular complexity index is 881. The van der Waals surface area contributed by atoms with Crippen LogP contribution in [0.15, 0.2) is 18.2 Å². The summed E-state index contributed by atoms with van der Waals surface area (Å²) < 4.78 is 13.7. The van der Waals surface area contributed by atoms with E-state index in [1.165, 1.54) is 27.7 Å². The molecule has 2 heterocycles. The summed E-state index contributed by atoms with van der Waals surface area (Å²) in [4.78, 5) is 15.2. The number of morpholine rings is 1. The van der Waals surface area contributed by atoms with Crippen LogP contribution in [0.25, 0.3) is 10.9 Å². The third-order valence-electron chi connectivity index (χ3n) is 6.41. The Balaban J connectivity index is 1.54. The number of hydrogen-bond acceptors (Lipinski definition) is 4. The van der Waals surface area contributed by atoms with Crippen LogP contribution in [0, 0.1) is 13.8 Å². The minimum Gasteiger partial charge on any atom is -0.382 e. The van der Waals surface area contributed by atoms with Crippen LogP contribution in [0.1, 0.15) is 43.0 Å². The van der Waals surface area contributed by atoms with E-state index in [0.717, 1.165) is 45.6 Å². The normalized spacial score (nSPS) is 19.4. The number of aryl methyl sites for hydroxylation is 2. The third kappa shape index (κ3) is 4.56. The van der Waals surface area contributed by atoms with Gasteiger partial charge in [-0.1, -0.05) is 12.1 Å². The van der Waals surface area contributed by atoms with Crippen LogP contribution >= 0.6 is 0 Å². The first-order valence-corrected chi connectivity index (χ1v) is 11.4. The Labute approximate surface area is 179 Å². The first kappa shape index (κ1) is 21.3. The lowest BCUT2D eigenvalue weighted by Crippen LogP contribution is -2.49. The van der Waals surface area contributed by atoms with E-state index >= 15 is 0 Å². The Morgan fingerprint density at radius 2 is 2.17 bits per heavy atom. The number of amides is 1. The van der Waals surface area contributed by atoms with Gasteiger partial charge in [0.15, 0.2) is 0 Å². The quantitative estimate of drug-likeness (QED) is 0.642. The molecule has 1 saturated heterocycles. The Hall–Kier alpha value is -1.89. The van der Waals surface area contributed by atoms with E-state index in [4.69, 9.17) is 9.47 Å². The van der Waals surface area contributed by atoms with Crippen molar-refractivity contribution in [2.45, 2.75) is 65.3 Å². The fourth-order valence-electron chi connectivity index (χ4n) is 4.43. The fourth-order valence-corrected chi connectivity index (χ4v) is 4.43. The molecule has 1 saturated carbocycles. The van der Waals surface area contributed by atoms with Crippen molar-refractivity contribution < 1.29 is 14.3 Å². The number of aromatic nitrogens is 1. The van der Waals surface area contributed by atoms with Crippen molar-refractivity contribution in [3.05, 3.63) is 35.0 Å². The van der Waals surface area contributed by atoms with Crippen LogP contribution in [0.5, 0.6) is 0 Å². The second-order valence-corrected chi connectivity index (χ2v) is 8.52. The largest absolute Gasteiger partial charge is 0.382 e. The van der Waals surface area contributed by atoms with Gasteiger partial charge >= 0.3 is 0 Å². The maximum atomic E-state index is 13.1. The Kier molecular flexibility index (Phi) is 6.76. The highest BCUT2D eigenvalue weighted by Gasteiger charge is 2.36. The molecule has 2 fully saturated rings. The molecular weight excluding hydrogens is 378 g/mol. The summed E-state index contributed by atoms with van der Waals surface area (Å²) in [6.45, 7) is 11.6. The average Bonchev–Trinajstić information content (AvgIpc) is 3.59. The summed E-state index contributed by atoms with van der Waals surface area (Å²) in [6.07, 6.45) is 2.84. The number of benzene rings is 1. The first-order valence-electron chi connectivity index (χ1n) is 11.4. The van der Waals surface area contributed by atoms with Gasteiger partial charge in [-0.25, -0.2) is 0 Å². The molecule has 30 heavy (non-hydrogen) atoms. The molecule has 6 nitrogen and oxygen atoms in total. The minimum atomic E-state index is -0.352. The number of fused-ring (bicyclic) bond motifs is 1. The molecular formula is C24H35N3O3. The number of nitrogens with zero attached hydrogens (tertiary/aromatic N) is 2. The molecule has 164 valence electrons. The minimum absolute atomic E-state index is 0.129. The van der Waals surface area contributed by atoms with Gasteiger partial charge in [0, 0.05) is 62.0 Å². The summed E-state index contributed by atoms with van der Waals surface area (Å²) in [6, 6.07) is 7.04. The lowest BCUT2D eigenvalue weighted by atomic mass is 10.1. The molecule has 1 N–H and O–H groups in total. The third-order valence-corrected chi connectivity index (χ3v) is 6.41. The smallest absolute Gasteiger partial charge is 0.253 e. The van der Waals surface area contributed by atoms with E-state index in [0.29, 0.717) is 25.7 Å². The highest BCUT2D eigenvalue weighted by Crippen LogP contribution is 2.31. The molecule has 2 aliphatic rings.